The molecule has 0 amide bonds. The van der Waals surface area contributed by atoms with Gasteiger partial charge < -0.3 is 4.74 Å². The van der Waals surface area contributed by atoms with E-state index in [0.717, 1.165) is 0 Å². The topological polar surface area (TPSA) is 9.23 Å². The Hall–Kier alpha value is -0.300. The molecule has 0 fully saturated rings. The fourth-order valence-electron chi connectivity index (χ4n) is 1.55. The minimum atomic E-state index is 0.344. The van der Waals surface area contributed by atoms with Crippen LogP contribution in [0.2, 0.25) is 0 Å². The molecule has 1 heteroatoms. The van der Waals surface area contributed by atoms with Gasteiger partial charge in [0, 0.05) is 0 Å². The fourth-order valence-corrected chi connectivity index (χ4v) is 1.55. The molecule has 0 spiro atoms. The van der Waals surface area contributed by atoms with Crippen molar-refractivity contribution >= 4 is 0 Å². The van der Waals surface area contributed by atoms with Gasteiger partial charge in [0.05, 0.1) is 12.2 Å². The van der Waals surface area contributed by atoms with Crippen molar-refractivity contribution in [3.63, 3.8) is 0 Å². The summed E-state index contributed by atoms with van der Waals surface area (Å²) in [6.45, 7) is 6.48. The second kappa shape index (κ2) is 3.91. The van der Waals surface area contributed by atoms with Crippen molar-refractivity contribution in [3.05, 3.63) is 11.6 Å². The lowest BCUT2D eigenvalue weighted by Crippen LogP contribution is -2.07. The number of hydrogen-bond donors (Lipinski definition) is 0. The van der Waals surface area contributed by atoms with Crippen LogP contribution in [0.5, 0.6) is 0 Å². The summed E-state index contributed by atoms with van der Waals surface area (Å²) in [7, 11) is 0. The second-order valence-electron chi connectivity index (χ2n) is 3.33. The van der Waals surface area contributed by atoms with Crippen molar-refractivity contribution in [1.82, 2.24) is 0 Å². The SMILES string of the molecule is CCCCC1=CC(C)OC1C. The van der Waals surface area contributed by atoms with E-state index in [9.17, 15) is 0 Å². The van der Waals surface area contributed by atoms with Crippen molar-refractivity contribution in [2.24, 2.45) is 0 Å². The maximum absolute atomic E-state index is 5.58. The molecule has 0 radical (unpaired) electrons. The first kappa shape index (κ1) is 8.79. The van der Waals surface area contributed by atoms with Gasteiger partial charge in [-0.1, -0.05) is 19.4 Å². The van der Waals surface area contributed by atoms with Gasteiger partial charge in [-0.15, -0.1) is 0 Å². The zero-order valence-corrected chi connectivity index (χ0v) is 7.76. The van der Waals surface area contributed by atoms with Crippen LogP contribution in [0.25, 0.3) is 0 Å². The van der Waals surface area contributed by atoms with E-state index in [-0.39, 0.29) is 0 Å². The quantitative estimate of drug-likeness (QED) is 0.568. The molecule has 1 aliphatic rings. The Kier molecular flexibility index (Phi) is 3.13. The summed E-state index contributed by atoms with van der Waals surface area (Å²) < 4.78 is 5.58. The highest BCUT2D eigenvalue weighted by molar-refractivity contribution is 5.14. The van der Waals surface area contributed by atoms with E-state index < -0.39 is 0 Å². The lowest BCUT2D eigenvalue weighted by Gasteiger charge is -2.08. The third-order valence-electron chi connectivity index (χ3n) is 2.21. The van der Waals surface area contributed by atoms with E-state index in [0.29, 0.717) is 12.2 Å². The summed E-state index contributed by atoms with van der Waals surface area (Å²) >= 11 is 0. The Morgan fingerprint density at radius 2 is 2.18 bits per heavy atom. The fraction of sp³-hybridized carbons (Fsp3) is 0.800. The van der Waals surface area contributed by atoms with E-state index >= 15 is 0 Å². The average Bonchev–Trinajstić information content (AvgIpc) is 2.26. The van der Waals surface area contributed by atoms with Gasteiger partial charge in [0.1, 0.15) is 0 Å². The molecule has 0 aromatic carbocycles. The zero-order chi connectivity index (χ0) is 8.27. The third-order valence-corrected chi connectivity index (χ3v) is 2.21. The lowest BCUT2D eigenvalue weighted by molar-refractivity contribution is 0.0772. The third kappa shape index (κ3) is 2.33. The van der Waals surface area contributed by atoms with E-state index in [1.54, 1.807) is 0 Å². The Bertz CT molecular complexity index is 149. The monoisotopic (exact) mass is 154 g/mol. The van der Waals surface area contributed by atoms with Gasteiger partial charge in [-0.25, -0.2) is 0 Å². The van der Waals surface area contributed by atoms with Gasteiger partial charge >= 0.3 is 0 Å². The van der Waals surface area contributed by atoms with Crippen molar-refractivity contribution in [2.45, 2.75) is 52.2 Å². The van der Waals surface area contributed by atoms with Crippen LogP contribution in [0.3, 0.4) is 0 Å². The molecule has 0 aromatic heterocycles. The summed E-state index contributed by atoms with van der Waals surface area (Å²) in [6, 6.07) is 0. The van der Waals surface area contributed by atoms with Crippen LogP contribution < -0.4 is 0 Å². The van der Waals surface area contributed by atoms with Crippen LogP contribution in [0.15, 0.2) is 11.6 Å². The standard InChI is InChI=1S/C10H18O/c1-4-5-6-10-7-8(2)11-9(10)3/h7-9H,4-6H2,1-3H3. The molecule has 0 aliphatic carbocycles. The van der Waals surface area contributed by atoms with Gasteiger partial charge in [-0.2, -0.15) is 0 Å². The number of ether oxygens (including phenoxy) is 1. The van der Waals surface area contributed by atoms with Gasteiger partial charge in [0.25, 0.3) is 0 Å². The number of hydrogen-bond acceptors (Lipinski definition) is 1. The predicted octanol–water partition coefficient (Wildman–Crippen LogP) is 2.91. The van der Waals surface area contributed by atoms with Crippen LogP contribution in [0.4, 0.5) is 0 Å². The molecule has 1 rings (SSSR count). The Morgan fingerprint density at radius 1 is 1.45 bits per heavy atom. The van der Waals surface area contributed by atoms with Crippen molar-refractivity contribution in [3.8, 4) is 0 Å². The highest BCUT2D eigenvalue weighted by atomic mass is 16.5. The molecule has 11 heavy (non-hydrogen) atoms. The van der Waals surface area contributed by atoms with Crippen molar-refractivity contribution < 1.29 is 4.74 Å². The van der Waals surface area contributed by atoms with Gasteiger partial charge in [0.15, 0.2) is 0 Å². The first-order valence-corrected chi connectivity index (χ1v) is 4.60. The molecule has 0 bridgehead atoms. The Balaban J connectivity index is 2.37. The Morgan fingerprint density at radius 3 is 2.64 bits per heavy atom. The molecule has 0 aromatic rings. The summed E-state index contributed by atoms with van der Waals surface area (Å²) in [5, 5.41) is 0. The Labute approximate surface area is 69.4 Å². The van der Waals surface area contributed by atoms with Crippen LogP contribution >= 0.6 is 0 Å². The molecule has 1 nitrogen and oxygen atoms in total. The first-order chi connectivity index (χ1) is 5.24. The molecule has 0 saturated carbocycles. The molecule has 0 N–H and O–H groups in total. The molecule has 2 unspecified atom stereocenters. The number of rotatable bonds is 3. The zero-order valence-electron chi connectivity index (χ0n) is 7.76. The van der Waals surface area contributed by atoms with Gasteiger partial charge in [-0.05, 0) is 32.3 Å². The second-order valence-corrected chi connectivity index (χ2v) is 3.33. The molecule has 1 aliphatic heterocycles. The normalized spacial score (nSPS) is 30.6. The molecule has 0 saturated heterocycles. The van der Waals surface area contributed by atoms with Gasteiger partial charge in [-0.3, -0.25) is 0 Å². The van der Waals surface area contributed by atoms with E-state index in [4.69, 9.17) is 4.74 Å². The molecule has 64 valence electrons. The lowest BCUT2D eigenvalue weighted by atomic mass is 10.1. The predicted molar refractivity (Wildman–Crippen MR) is 47.6 cm³/mol. The van der Waals surface area contributed by atoms with E-state index in [1.807, 2.05) is 0 Å². The highest BCUT2D eigenvalue weighted by Gasteiger charge is 2.18. The molecular formula is C10H18O. The summed E-state index contributed by atoms with van der Waals surface area (Å²) in [5.74, 6) is 0. The minimum Gasteiger partial charge on any atom is -0.367 e. The van der Waals surface area contributed by atoms with Crippen molar-refractivity contribution in [1.29, 1.82) is 0 Å². The largest absolute Gasteiger partial charge is 0.367 e. The number of unbranched alkanes of at least 4 members (excludes halogenated alkanes) is 1. The summed E-state index contributed by atoms with van der Waals surface area (Å²) in [5.41, 5.74) is 1.50. The van der Waals surface area contributed by atoms with Crippen LogP contribution in [-0.4, -0.2) is 12.2 Å². The minimum absolute atomic E-state index is 0.344. The highest BCUT2D eigenvalue weighted by Crippen LogP contribution is 2.23. The molecule has 2 atom stereocenters. The van der Waals surface area contributed by atoms with Crippen LogP contribution in [0, 0.1) is 0 Å². The van der Waals surface area contributed by atoms with E-state index in [1.165, 1.54) is 24.8 Å². The summed E-state index contributed by atoms with van der Waals surface area (Å²) in [4.78, 5) is 0. The average molecular weight is 154 g/mol. The van der Waals surface area contributed by atoms with E-state index in [2.05, 4.69) is 26.8 Å². The molecule has 1 heterocycles. The smallest absolute Gasteiger partial charge is 0.0765 e. The summed E-state index contributed by atoms with van der Waals surface area (Å²) in [6.07, 6.45) is 6.78. The van der Waals surface area contributed by atoms with Crippen LogP contribution in [0.1, 0.15) is 40.0 Å². The van der Waals surface area contributed by atoms with Crippen molar-refractivity contribution in [2.75, 3.05) is 0 Å². The molecular weight excluding hydrogens is 136 g/mol. The maximum Gasteiger partial charge on any atom is 0.0765 e. The van der Waals surface area contributed by atoms with Gasteiger partial charge in [0.2, 0.25) is 0 Å². The maximum atomic E-state index is 5.58. The first-order valence-electron chi connectivity index (χ1n) is 4.60. The van der Waals surface area contributed by atoms with Crippen LogP contribution in [-0.2, 0) is 4.74 Å².